The molecule has 1 aliphatic carbocycles. The quantitative estimate of drug-likeness (QED) is 0.895. The van der Waals surface area contributed by atoms with E-state index in [9.17, 15) is 5.11 Å². The lowest BCUT2D eigenvalue weighted by molar-refractivity contribution is 0.475. The number of phenols is 1. The molecule has 1 heterocycles. The Bertz CT molecular complexity index is 621. The Morgan fingerprint density at radius 3 is 2.48 bits per heavy atom. The molecule has 3 rings (SSSR count). The maximum Gasteiger partial charge on any atom is 0.123 e. The Balaban J connectivity index is 1.91. The van der Waals surface area contributed by atoms with Gasteiger partial charge >= 0.3 is 0 Å². The summed E-state index contributed by atoms with van der Waals surface area (Å²) < 4.78 is 0. The summed E-state index contributed by atoms with van der Waals surface area (Å²) in [6.45, 7) is 7.54. The number of benzene rings is 1. The number of hydrogen-bond acceptors (Lipinski definition) is 4. The summed E-state index contributed by atoms with van der Waals surface area (Å²) in [5.41, 5.74) is 2.30. The van der Waals surface area contributed by atoms with E-state index >= 15 is 0 Å². The fourth-order valence-corrected chi connectivity index (χ4v) is 3.54. The summed E-state index contributed by atoms with van der Waals surface area (Å²) in [5, 5.41) is 14.0. The Labute approximate surface area is 130 Å². The largest absolute Gasteiger partial charge is 0.508 e. The van der Waals surface area contributed by atoms with Crippen LogP contribution in [0.5, 0.6) is 5.75 Å². The van der Waals surface area contributed by atoms with Crippen LogP contribution in [0.1, 0.15) is 44.2 Å². The first-order valence-corrected chi connectivity index (χ1v) is 8.28. The Morgan fingerprint density at radius 1 is 1.24 bits per heavy atom. The number of aromatic hydroxyl groups is 1. The molecule has 0 amide bonds. The Morgan fingerprint density at radius 2 is 1.90 bits per heavy atom. The molecule has 0 spiro atoms. The predicted octanol–water partition coefficient (Wildman–Crippen LogP) is 4.07. The summed E-state index contributed by atoms with van der Waals surface area (Å²) >= 11 is 1.76. The van der Waals surface area contributed by atoms with Gasteiger partial charge in [0.05, 0.1) is 5.69 Å². The van der Waals surface area contributed by atoms with Crippen molar-refractivity contribution >= 4 is 11.3 Å². The first-order valence-electron chi connectivity index (χ1n) is 7.46. The molecule has 112 valence electrons. The molecule has 2 aromatic rings. The SMILES string of the molecule is CC(C)(C)c1nc(-c2ccc(O)cc2)sc1CNC1CC1. The maximum absolute atomic E-state index is 9.42. The molecule has 0 bridgehead atoms. The van der Waals surface area contributed by atoms with Crippen LogP contribution in [0, 0.1) is 0 Å². The number of hydrogen-bond donors (Lipinski definition) is 2. The highest BCUT2D eigenvalue weighted by molar-refractivity contribution is 7.15. The van der Waals surface area contributed by atoms with Crippen molar-refractivity contribution < 1.29 is 5.11 Å². The molecule has 3 nitrogen and oxygen atoms in total. The van der Waals surface area contributed by atoms with Gasteiger partial charge in [-0.3, -0.25) is 0 Å². The van der Waals surface area contributed by atoms with Gasteiger partial charge < -0.3 is 10.4 Å². The summed E-state index contributed by atoms with van der Waals surface area (Å²) in [6.07, 6.45) is 2.60. The standard InChI is InChI=1S/C17H22N2OS/c1-17(2,3)15-14(10-18-12-6-7-12)21-16(19-15)11-4-8-13(20)9-5-11/h4-5,8-9,12,18,20H,6-7,10H2,1-3H3. The monoisotopic (exact) mass is 302 g/mol. The highest BCUT2D eigenvalue weighted by Crippen LogP contribution is 2.35. The van der Waals surface area contributed by atoms with Crippen LogP contribution in [0.25, 0.3) is 10.6 Å². The van der Waals surface area contributed by atoms with E-state index in [0.717, 1.165) is 17.1 Å². The second-order valence-corrected chi connectivity index (χ2v) is 7.83. The van der Waals surface area contributed by atoms with Crippen molar-refractivity contribution in [1.29, 1.82) is 0 Å². The van der Waals surface area contributed by atoms with Crippen LogP contribution in [0.2, 0.25) is 0 Å². The molecule has 1 aromatic heterocycles. The lowest BCUT2D eigenvalue weighted by Gasteiger charge is -2.17. The molecule has 4 heteroatoms. The van der Waals surface area contributed by atoms with Crippen LogP contribution in [0.15, 0.2) is 24.3 Å². The highest BCUT2D eigenvalue weighted by atomic mass is 32.1. The minimum Gasteiger partial charge on any atom is -0.508 e. The van der Waals surface area contributed by atoms with Gasteiger partial charge in [0.1, 0.15) is 10.8 Å². The molecule has 0 aliphatic heterocycles. The molecule has 1 aromatic carbocycles. The molecule has 0 radical (unpaired) electrons. The molecule has 2 N–H and O–H groups in total. The van der Waals surface area contributed by atoms with Crippen molar-refractivity contribution in [3.05, 3.63) is 34.8 Å². The highest BCUT2D eigenvalue weighted by Gasteiger charge is 2.26. The molecule has 1 aliphatic rings. The summed E-state index contributed by atoms with van der Waals surface area (Å²) in [5.74, 6) is 0.293. The molecule has 0 saturated heterocycles. The normalized spacial score (nSPS) is 15.4. The zero-order chi connectivity index (χ0) is 15.0. The van der Waals surface area contributed by atoms with Crippen molar-refractivity contribution in [2.45, 2.75) is 51.6 Å². The van der Waals surface area contributed by atoms with Gasteiger partial charge in [-0.05, 0) is 37.1 Å². The lowest BCUT2D eigenvalue weighted by Crippen LogP contribution is -2.19. The number of rotatable bonds is 4. The van der Waals surface area contributed by atoms with Gasteiger partial charge in [0.25, 0.3) is 0 Å². The average Bonchev–Trinajstić information content (AvgIpc) is 3.14. The summed E-state index contributed by atoms with van der Waals surface area (Å²) in [7, 11) is 0. The fourth-order valence-electron chi connectivity index (χ4n) is 2.31. The van der Waals surface area contributed by atoms with Crippen molar-refractivity contribution in [2.24, 2.45) is 0 Å². The average molecular weight is 302 g/mol. The van der Waals surface area contributed by atoms with Crippen molar-refractivity contribution in [2.75, 3.05) is 0 Å². The number of nitrogens with one attached hydrogen (secondary N) is 1. The van der Waals surface area contributed by atoms with Gasteiger partial charge in [-0.25, -0.2) is 4.98 Å². The van der Waals surface area contributed by atoms with Gasteiger partial charge in [0.2, 0.25) is 0 Å². The Hall–Kier alpha value is -1.39. The molecule has 1 saturated carbocycles. The second kappa shape index (κ2) is 5.43. The summed E-state index contributed by atoms with van der Waals surface area (Å²) in [4.78, 5) is 6.21. The molecule has 21 heavy (non-hydrogen) atoms. The summed E-state index contributed by atoms with van der Waals surface area (Å²) in [6, 6.07) is 8.00. The number of aromatic nitrogens is 1. The van der Waals surface area contributed by atoms with Crippen LogP contribution >= 0.6 is 11.3 Å². The number of phenolic OH excluding ortho intramolecular Hbond substituents is 1. The van der Waals surface area contributed by atoms with E-state index in [1.165, 1.54) is 23.4 Å². The van der Waals surface area contributed by atoms with Gasteiger partial charge in [-0.15, -0.1) is 11.3 Å². The fraction of sp³-hybridized carbons (Fsp3) is 0.471. The number of thiazole rings is 1. The molecular formula is C17H22N2OS. The molecule has 0 atom stereocenters. The molecule has 0 unspecified atom stereocenters. The smallest absolute Gasteiger partial charge is 0.123 e. The van der Waals surface area contributed by atoms with Gasteiger partial charge in [0, 0.05) is 28.4 Å². The zero-order valence-electron chi connectivity index (χ0n) is 12.8. The van der Waals surface area contributed by atoms with E-state index in [4.69, 9.17) is 4.98 Å². The van der Waals surface area contributed by atoms with E-state index in [1.54, 1.807) is 23.5 Å². The van der Waals surface area contributed by atoms with Gasteiger partial charge in [-0.2, -0.15) is 0 Å². The van der Waals surface area contributed by atoms with Crippen molar-refractivity contribution in [1.82, 2.24) is 10.3 Å². The van der Waals surface area contributed by atoms with Crippen LogP contribution < -0.4 is 5.32 Å². The Kier molecular flexibility index (Phi) is 3.76. The first kappa shape index (κ1) is 14.5. The third kappa shape index (κ3) is 3.44. The van der Waals surface area contributed by atoms with Crippen LogP contribution in [-0.2, 0) is 12.0 Å². The minimum atomic E-state index is 0.0479. The van der Waals surface area contributed by atoms with Crippen LogP contribution in [0.3, 0.4) is 0 Å². The van der Waals surface area contributed by atoms with Crippen molar-refractivity contribution in [3.63, 3.8) is 0 Å². The molecular weight excluding hydrogens is 280 g/mol. The van der Waals surface area contributed by atoms with Crippen LogP contribution in [0.4, 0.5) is 0 Å². The van der Waals surface area contributed by atoms with E-state index < -0.39 is 0 Å². The van der Waals surface area contributed by atoms with E-state index in [-0.39, 0.29) is 5.41 Å². The zero-order valence-corrected chi connectivity index (χ0v) is 13.6. The maximum atomic E-state index is 9.42. The van der Waals surface area contributed by atoms with E-state index in [1.807, 2.05) is 12.1 Å². The third-order valence-corrected chi connectivity index (χ3v) is 4.76. The van der Waals surface area contributed by atoms with Gasteiger partial charge in [0.15, 0.2) is 0 Å². The predicted molar refractivity (Wildman–Crippen MR) is 87.8 cm³/mol. The minimum absolute atomic E-state index is 0.0479. The van der Waals surface area contributed by atoms with Crippen LogP contribution in [-0.4, -0.2) is 16.1 Å². The third-order valence-electron chi connectivity index (χ3n) is 3.65. The lowest BCUT2D eigenvalue weighted by atomic mass is 9.91. The van der Waals surface area contributed by atoms with Crippen molar-refractivity contribution in [3.8, 4) is 16.3 Å². The number of nitrogens with zero attached hydrogens (tertiary/aromatic N) is 1. The topological polar surface area (TPSA) is 45.2 Å². The second-order valence-electron chi connectivity index (χ2n) is 6.74. The first-order chi connectivity index (χ1) is 9.93. The van der Waals surface area contributed by atoms with E-state index in [0.29, 0.717) is 11.8 Å². The van der Waals surface area contributed by atoms with E-state index in [2.05, 4.69) is 26.1 Å². The van der Waals surface area contributed by atoms with Gasteiger partial charge in [-0.1, -0.05) is 20.8 Å². The molecule has 1 fully saturated rings.